The molecule has 2 heterocycles. The molecule has 2 rings (SSSR count). The minimum atomic E-state index is 0. The lowest BCUT2D eigenvalue weighted by Crippen LogP contribution is -2.57. The second kappa shape index (κ2) is 7.13. The lowest BCUT2D eigenvalue weighted by molar-refractivity contribution is 0.0179. The van der Waals surface area contributed by atoms with Crippen LogP contribution in [0.25, 0.3) is 0 Å². The Morgan fingerprint density at radius 2 is 1.00 bits per heavy atom. The molecule has 2 nitrogen and oxygen atoms in total. The summed E-state index contributed by atoms with van der Waals surface area (Å²) in [7, 11) is 0. The Balaban J connectivity index is 0. The Hall–Kier alpha value is -0.0151. The molecule has 113 valence electrons. The van der Waals surface area contributed by atoms with Gasteiger partial charge in [0.2, 0.25) is 0 Å². The molecule has 0 aliphatic carbocycles. The van der Waals surface area contributed by atoms with Crippen LogP contribution in [-0.4, -0.2) is 54.5 Å². The van der Waals surface area contributed by atoms with Crippen LogP contribution in [0.3, 0.4) is 0 Å². The van der Waals surface area contributed by atoms with E-state index in [1.807, 2.05) is 13.8 Å². The van der Waals surface area contributed by atoms with Crippen molar-refractivity contribution in [1.82, 2.24) is 9.80 Å². The zero-order valence-electron chi connectivity index (χ0n) is 13.7. The van der Waals surface area contributed by atoms with Gasteiger partial charge in [-0.25, -0.2) is 0 Å². The number of hydrogen-bond acceptors (Lipinski definition) is 2. The van der Waals surface area contributed by atoms with Gasteiger partial charge < -0.3 is 0 Å². The average Bonchev–Trinajstić information content (AvgIpc) is 2.76. The molecule has 2 aliphatic rings. The first-order chi connectivity index (χ1) is 7.69. The lowest BCUT2D eigenvalue weighted by atomic mass is 10.0. The largest absolute Gasteiger partial charge is 0.293 e. The van der Waals surface area contributed by atoms with Crippen LogP contribution in [0.2, 0.25) is 0 Å². The van der Waals surface area contributed by atoms with Crippen LogP contribution in [0.1, 0.15) is 69.2 Å². The van der Waals surface area contributed by atoms with Gasteiger partial charge in [-0.3, -0.25) is 9.80 Å². The minimum absolute atomic E-state index is 0. The quantitative estimate of drug-likeness (QED) is 0.618. The molecule has 0 aromatic rings. The number of piperazine rings is 1. The Labute approximate surface area is 124 Å². The van der Waals surface area contributed by atoms with Gasteiger partial charge in [0.25, 0.3) is 0 Å². The van der Waals surface area contributed by atoms with E-state index in [1.54, 1.807) is 0 Å². The zero-order valence-corrected chi connectivity index (χ0v) is 13.7. The van der Waals surface area contributed by atoms with Gasteiger partial charge >= 0.3 is 0 Å². The fourth-order valence-corrected chi connectivity index (χ4v) is 3.31. The molecule has 2 aliphatic heterocycles. The molecule has 2 atom stereocenters. The van der Waals surface area contributed by atoms with E-state index in [-0.39, 0.29) is 15.8 Å². The van der Waals surface area contributed by atoms with Crippen molar-refractivity contribution < 1.29 is 0 Å². The van der Waals surface area contributed by atoms with Crippen LogP contribution < -0.4 is 0 Å². The summed E-state index contributed by atoms with van der Waals surface area (Å²) in [5, 5.41) is 0. The molecular formula is C16H36BN2. The van der Waals surface area contributed by atoms with Crippen LogP contribution in [-0.2, 0) is 0 Å². The van der Waals surface area contributed by atoms with Crippen molar-refractivity contribution in [2.75, 3.05) is 13.1 Å². The molecule has 0 saturated carbocycles. The summed E-state index contributed by atoms with van der Waals surface area (Å²) in [6.45, 7) is 20.6. The molecule has 0 aromatic heterocycles. The lowest BCUT2D eigenvalue weighted by Gasteiger charge is -2.46. The van der Waals surface area contributed by atoms with Gasteiger partial charge in [-0.05, 0) is 48.0 Å². The normalized spacial score (nSPS) is 27.2. The summed E-state index contributed by atoms with van der Waals surface area (Å²) in [6, 6.07) is 1.60. The fraction of sp³-hybridized carbons (Fsp3) is 1.00. The first-order valence-electron chi connectivity index (χ1n) is 7.23. The first-order valence-corrected chi connectivity index (χ1v) is 7.23. The molecule has 3 radical (unpaired) electrons. The number of nitrogens with zero attached hydrogens (tertiary/aromatic N) is 2. The highest BCUT2D eigenvalue weighted by Gasteiger charge is 2.49. The molecule has 2 fully saturated rings. The summed E-state index contributed by atoms with van der Waals surface area (Å²) in [6.07, 6.45) is 1.38. The minimum Gasteiger partial charge on any atom is -0.293 e. The van der Waals surface area contributed by atoms with Gasteiger partial charge in [-0.1, -0.05) is 21.3 Å². The van der Waals surface area contributed by atoms with Gasteiger partial charge in [0.05, 0.1) is 0 Å². The number of rotatable bonds is 0. The van der Waals surface area contributed by atoms with Crippen molar-refractivity contribution in [3.8, 4) is 0 Å². The van der Waals surface area contributed by atoms with Crippen molar-refractivity contribution in [1.29, 1.82) is 0 Å². The third-order valence-electron chi connectivity index (χ3n) is 3.96. The van der Waals surface area contributed by atoms with Crippen LogP contribution in [0.5, 0.6) is 0 Å². The number of hydrogen-bond donors (Lipinski definition) is 0. The van der Waals surface area contributed by atoms with Gasteiger partial charge in [-0.15, -0.1) is 0 Å². The van der Waals surface area contributed by atoms with E-state index in [9.17, 15) is 0 Å². The summed E-state index contributed by atoms with van der Waals surface area (Å²) < 4.78 is 0. The smallest absolute Gasteiger partial charge is 0.0244 e. The highest BCUT2D eigenvalue weighted by Crippen LogP contribution is 2.38. The van der Waals surface area contributed by atoms with E-state index in [0.717, 1.165) is 12.1 Å². The summed E-state index contributed by atoms with van der Waals surface area (Å²) in [4.78, 5) is 5.39. The summed E-state index contributed by atoms with van der Waals surface area (Å²) >= 11 is 0. The Morgan fingerprint density at radius 3 is 1.16 bits per heavy atom. The third kappa shape index (κ3) is 4.49. The van der Waals surface area contributed by atoms with Gasteiger partial charge in [0.1, 0.15) is 0 Å². The van der Waals surface area contributed by atoms with Crippen LogP contribution in [0.4, 0.5) is 0 Å². The second-order valence-corrected chi connectivity index (χ2v) is 7.19. The molecule has 0 amide bonds. The fourth-order valence-electron chi connectivity index (χ4n) is 3.31. The van der Waals surface area contributed by atoms with E-state index in [0.29, 0.717) is 11.1 Å². The number of likely N-dealkylation sites (tertiary alicyclic amines) is 2. The highest BCUT2D eigenvalue weighted by atomic mass is 15.4. The molecule has 2 unspecified atom stereocenters. The number of fused-ring (bicyclic) bond motifs is 2. The van der Waals surface area contributed by atoms with Crippen molar-refractivity contribution in [2.24, 2.45) is 0 Å². The molecule has 0 N–H and O–H groups in total. The molecule has 2 bridgehead atoms. The summed E-state index contributed by atoms with van der Waals surface area (Å²) in [5.41, 5.74) is 0.701. The first kappa shape index (κ1) is 21.3. The molecule has 2 saturated heterocycles. The van der Waals surface area contributed by atoms with Gasteiger partial charge in [0, 0.05) is 44.7 Å². The molecular weight excluding hydrogens is 231 g/mol. The maximum absolute atomic E-state index is 2.69. The van der Waals surface area contributed by atoms with E-state index in [2.05, 4.69) is 51.3 Å². The second-order valence-electron chi connectivity index (χ2n) is 7.19. The third-order valence-corrected chi connectivity index (χ3v) is 3.96. The van der Waals surface area contributed by atoms with E-state index >= 15 is 0 Å². The van der Waals surface area contributed by atoms with Crippen LogP contribution in [0.15, 0.2) is 0 Å². The van der Waals surface area contributed by atoms with Crippen LogP contribution in [0, 0.1) is 0 Å². The average molecular weight is 267 g/mol. The Kier molecular flexibility index (Phi) is 7.98. The van der Waals surface area contributed by atoms with Crippen molar-refractivity contribution in [3.63, 3.8) is 0 Å². The van der Waals surface area contributed by atoms with E-state index in [4.69, 9.17) is 0 Å². The Morgan fingerprint density at radius 1 is 0.737 bits per heavy atom. The van der Waals surface area contributed by atoms with Crippen molar-refractivity contribution in [2.45, 2.75) is 92.4 Å². The van der Waals surface area contributed by atoms with E-state index in [1.165, 1.54) is 19.5 Å². The Bertz CT molecular complexity index is 226. The maximum atomic E-state index is 2.69. The highest BCUT2D eigenvalue weighted by molar-refractivity contribution is 5.75. The molecule has 3 heteroatoms. The predicted octanol–water partition coefficient (Wildman–Crippen LogP) is 3.62. The van der Waals surface area contributed by atoms with Crippen molar-refractivity contribution in [3.05, 3.63) is 0 Å². The SMILES string of the molecule is C.CC.CC(C)(C)N1CC2CC1CN2C(C)(C)C.[B]. The van der Waals surface area contributed by atoms with E-state index < -0.39 is 0 Å². The van der Waals surface area contributed by atoms with Crippen LogP contribution >= 0.6 is 0 Å². The summed E-state index contributed by atoms with van der Waals surface area (Å²) in [5.74, 6) is 0. The zero-order chi connectivity index (χ0) is 13.4. The topological polar surface area (TPSA) is 6.48 Å². The predicted molar refractivity (Wildman–Crippen MR) is 88.9 cm³/mol. The van der Waals surface area contributed by atoms with Gasteiger partial charge in [0.15, 0.2) is 0 Å². The molecule has 0 spiro atoms. The molecule has 0 aromatic carbocycles. The monoisotopic (exact) mass is 267 g/mol. The molecule has 19 heavy (non-hydrogen) atoms. The van der Waals surface area contributed by atoms with Gasteiger partial charge in [-0.2, -0.15) is 0 Å². The van der Waals surface area contributed by atoms with Crippen molar-refractivity contribution >= 4 is 8.41 Å². The standard InChI is InChI=1S/C13H26N2.C2H6.CH4.B/c1-12(2,3)14-8-11-7-10(14)9-15(11)13(4,5)6;1-2;;/h10-11H,7-9H2,1-6H3;1-2H3;1H4;. The maximum Gasteiger partial charge on any atom is 0.0244 e.